The number of nitrogens with two attached hydrogens (primary N) is 1. The smallest absolute Gasteiger partial charge is 0.342 e. The Kier molecular flexibility index (Phi) is 5.96. The van der Waals surface area contributed by atoms with Gasteiger partial charge in [-0.15, -0.1) is 0 Å². The number of nitrogens with one attached hydrogen (secondary N) is 1. The molecule has 0 amide bonds. The average Bonchev–Trinajstić information content (AvgIpc) is 2.71. The highest BCUT2D eigenvalue weighted by Crippen LogP contribution is 2.33. The molecule has 3 rings (SSSR count). The second-order valence-corrected chi connectivity index (χ2v) is 6.73. The molecule has 1 heterocycles. The van der Waals surface area contributed by atoms with Crippen molar-refractivity contribution in [1.29, 1.82) is 0 Å². The molecule has 0 unspecified atom stereocenters. The number of benzene rings is 2. The summed E-state index contributed by atoms with van der Waals surface area (Å²) in [6.45, 7) is 2.01. The number of aromatic nitrogens is 1. The lowest BCUT2D eigenvalue weighted by Gasteiger charge is -2.15. The van der Waals surface area contributed by atoms with Crippen LogP contribution >= 0.6 is 0 Å². The maximum absolute atomic E-state index is 12.2. The molecule has 2 aromatic carbocycles. The van der Waals surface area contributed by atoms with Crippen LogP contribution in [0.15, 0.2) is 47.3 Å². The molecule has 0 saturated carbocycles. The predicted octanol–water partition coefficient (Wildman–Crippen LogP) is 2.92. The van der Waals surface area contributed by atoms with Gasteiger partial charge in [-0.3, -0.25) is 4.79 Å². The molecule has 0 fully saturated rings. The van der Waals surface area contributed by atoms with E-state index in [0.717, 1.165) is 5.56 Å². The number of aryl methyl sites for hydroxylation is 1. The van der Waals surface area contributed by atoms with Crippen LogP contribution in [-0.4, -0.2) is 34.2 Å². The zero-order valence-corrected chi connectivity index (χ0v) is 16.8. The van der Waals surface area contributed by atoms with Crippen molar-refractivity contribution >= 4 is 17.8 Å². The maximum Gasteiger partial charge on any atom is 0.342 e. The minimum absolute atomic E-state index is 0.0591. The Hall–Kier alpha value is -4.27. The summed E-state index contributed by atoms with van der Waals surface area (Å²) < 4.78 is 11.1. The van der Waals surface area contributed by atoms with Gasteiger partial charge in [0.2, 0.25) is 0 Å². The van der Waals surface area contributed by atoms with Gasteiger partial charge in [-0.05, 0) is 36.8 Å². The number of anilines is 1. The molecule has 0 aliphatic rings. The number of hydrogen-bond acceptors (Lipinski definition) is 6. The number of nitrogen functional groups attached to an aromatic ring is 1. The molecule has 1 aromatic heterocycles. The van der Waals surface area contributed by atoms with Gasteiger partial charge in [0.05, 0.1) is 7.11 Å². The number of carboxylic acid groups (broad SMARTS) is 2. The monoisotopic (exact) mass is 424 g/mol. The van der Waals surface area contributed by atoms with E-state index in [1.807, 2.05) is 19.1 Å². The number of hydrogen-bond donors (Lipinski definition) is 4. The van der Waals surface area contributed by atoms with Crippen molar-refractivity contribution in [3.63, 3.8) is 0 Å². The van der Waals surface area contributed by atoms with E-state index in [1.54, 1.807) is 12.1 Å². The quantitative estimate of drug-likeness (QED) is 0.452. The lowest BCUT2D eigenvalue weighted by Crippen LogP contribution is -2.24. The molecule has 9 heteroatoms. The lowest BCUT2D eigenvalue weighted by molar-refractivity contribution is 0.0695. The molecular formula is C22H20N2O7. The summed E-state index contributed by atoms with van der Waals surface area (Å²) in [6, 6.07) is 11.9. The Labute approximate surface area is 176 Å². The van der Waals surface area contributed by atoms with Crippen molar-refractivity contribution in [2.75, 3.05) is 12.8 Å². The second-order valence-electron chi connectivity index (χ2n) is 6.73. The van der Waals surface area contributed by atoms with Crippen molar-refractivity contribution in [1.82, 2.24) is 4.98 Å². The number of rotatable bonds is 7. The topological polar surface area (TPSA) is 152 Å². The molecule has 0 spiro atoms. The fourth-order valence-corrected chi connectivity index (χ4v) is 3.18. The van der Waals surface area contributed by atoms with E-state index in [-0.39, 0.29) is 17.7 Å². The van der Waals surface area contributed by atoms with Gasteiger partial charge in [0, 0.05) is 11.1 Å². The largest absolute Gasteiger partial charge is 0.496 e. The van der Waals surface area contributed by atoms with E-state index in [0.29, 0.717) is 17.1 Å². The van der Waals surface area contributed by atoms with Crippen LogP contribution in [0.2, 0.25) is 0 Å². The zero-order chi connectivity index (χ0) is 22.7. The Morgan fingerprint density at radius 3 is 2.26 bits per heavy atom. The van der Waals surface area contributed by atoms with Gasteiger partial charge < -0.3 is 30.4 Å². The highest BCUT2D eigenvalue weighted by atomic mass is 16.5. The Morgan fingerprint density at radius 1 is 1.03 bits per heavy atom. The molecule has 0 saturated heterocycles. The molecule has 31 heavy (non-hydrogen) atoms. The first kappa shape index (κ1) is 21.4. The van der Waals surface area contributed by atoms with Gasteiger partial charge in [0.25, 0.3) is 5.56 Å². The Morgan fingerprint density at radius 2 is 1.68 bits per heavy atom. The van der Waals surface area contributed by atoms with Crippen molar-refractivity contribution in [2.24, 2.45) is 0 Å². The van der Waals surface area contributed by atoms with E-state index in [2.05, 4.69) is 4.98 Å². The van der Waals surface area contributed by atoms with Crippen LogP contribution in [0.25, 0.3) is 11.1 Å². The molecule has 3 aromatic rings. The summed E-state index contributed by atoms with van der Waals surface area (Å²) in [5.74, 6) is -2.43. The first-order valence-electron chi connectivity index (χ1n) is 9.12. The number of H-pyrrole nitrogens is 1. The predicted molar refractivity (Wildman–Crippen MR) is 113 cm³/mol. The van der Waals surface area contributed by atoms with E-state index < -0.39 is 34.4 Å². The van der Waals surface area contributed by atoms with Crippen LogP contribution < -0.4 is 20.8 Å². The molecule has 0 aliphatic carbocycles. The minimum atomic E-state index is -1.58. The number of methoxy groups -OCH3 is 1. The van der Waals surface area contributed by atoms with Crippen LogP contribution in [0.1, 0.15) is 31.8 Å². The van der Waals surface area contributed by atoms with Crippen LogP contribution in [0.3, 0.4) is 0 Å². The highest BCUT2D eigenvalue weighted by Gasteiger charge is 2.27. The second kappa shape index (κ2) is 8.62. The molecule has 0 aliphatic heterocycles. The Bertz CT molecular complexity index is 1210. The first-order chi connectivity index (χ1) is 14.7. The van der Waals surface area contributed by atoms with Gasteiger partial charge >= 0.3 is 11.9 Å². The van der Waals surface area contributed by atoms with Crippen molar-refractivity contribution in [3.8, 4) is 22.6 Å². The Balaban J connectivity index is 2.14. The molecule has 0 radical (unpaired) electrons. The van der Waals surface area contributed by atoms with E-state index >= 15 is 0 Å². The number of pyridine rings is 1. The number of aromatic carboxylic acids is 2. The number of carboxylic acids is 2. The molecule has 160 valence electrons. The van der Waals surface area contributed by atoms with Gasteiger partial charge in [-0.25, -0.2) is 9.59 Å². The van der Waals surface area contributed by atoms with Crippen molar-refractivity contribution in [2.45, 2.75) is 13.5 Å². The zero-order valence-electron chi connectivity index (χ0n) is 16.8. The summed E-state index contributed by atoms with van der Waals surface area (Å²) in [6.07, 6.45) is 0. The van der Waals surface area contributed by atoms with Gasteiger partial charge in [-0.1, -0.05) is 23.8 Å². The van der Waals surface area contributed by atoms with Crippen LogP contribution in [0.4, 0.5) is 5.82 Å². The van der Waals surface area contributed by atoms with Crippen molar-refractivity contribution in [3.05, 3.63) is 75.1 Å². The van der Waals surface area contributed by atoms with E-state index in [1.165, 1.54) is 25.3 Å². The summed E-state index contributed by atoms with van der Waals surface area (Å²) >= 11 is 0. The van der Waals surface area contributed by atoms with Gasteiger partial charge in [0.1, 0.15) is 35.1 Å². The number of aromatic amines is 1. The van der Waals surface area contributed by atoms with Gasteiger partial charge in [0.15, 0.2) is 0 Å². The molecule has 0 bridgehead atoms. The van der Waals surface area contributed by atoms with Crippen LogP contribution in [0, 0.1) is 6.92 Å². The molecular weight excluding hydrogens is 404 g/mol. The third-order valence-electron chi connectivity index (χ3n) is 4.66. The molecule has 0 atom stereocenters. The fraction of sp³-hybridized carbons (Fsp3) is 0.136. The maximum atomic E-state index is 12.2. The minimum Gasteiger partial charge on any atom is -0.496 e. The number of carbonyl (C=O) groups is 2. The molecule has 5 N–H and O–H groups in total. The summed E-state index contributed by atoms with van der Waals surface area (Å²) in [5.41, 5.74) is 4.94. The summed E-state index contributed by atoms with van der Waals surface area (Å²) in [4.78, 5) is 37.9. The fourth-order valence-electron chi connectivity index (χ4n) is 3.18. The third kappa shape index (κ3) is 4.35. The number of ether oxygens (including phenoxy) is 2. The summed E-state index contributed by atoms with van der Waals surface area (Å²) in [5, 5.41) is 19.2. The standard InChI is InChI=1S/C22H20N2O7/c1-11-3-6-14(7-4-11)31-10-13-9-12(5-8-15(13)30-2)16-17(21(26)27)19(23)24-20(25)18(16)22(28)29/h3-9H,10H2,1-2H3,(H,26,27)(H,28,29)(H3,23,24,25). The van der Waals surface area contributed by atoms with Crippen molar-refractivity contribution < 1.29 is 29.3 Å². The normalized spacial score (nSPS) is 10.5. The average molecular weight is 424 g/mol. The lowest BCUT2D eigenvalue weighted by atomic mass is 9.94. The first-order valence-corrected chi connectivity index (χ1v) is 9.12. The van der Waals surface area contributed by atoms with E-state index in [4.69, 9.17) is 15.2 Å². The van der Waals surface area contributed by atoms with Crippen LogP contribution in [-0.2, 0) is 6.61 Å². The molecule has 9 nitrogen and oxygen atoms in total. The summed E-state index contributed by atoms with van der Waals surface area (Å²) in [7, 11) is 1.46. The SMILES string of the molecule is COc1ccc(-c2c(C(=O)O)c(N)[nH]c(=O)c2C(=O)O)cc1COc1ccc(C)cc1. The highest BCUT2D eigenvalue weighted by molar-refractivity contribution is 6.07. The van der Waals surface area contributed by atoms with E-state index in [9.17, 15) is 24.6 Å². The van der Waals surface area contributed by atoms with Gasteiger partial charge in [-0.2, -0.15) is 0 Å². The van der Waals surface area contributed by atoms with Crippen LogP contribution in [0.5, 0.6) is 11.5 Å². The third-order valence-corrected chi connectivity index (χ3v) is 4.66.